The van der Waals surface area contributed by atoms with Gasteiger partial charge >= 0.3 is 0 Å². The predicted molar refractivity (Wildman–Crippen MR) is 77.0 cm³/mol. The first-order valence-electron chi connectivity index (χ1n) is 6.93. The van der Waals surface area contributed by atoms with Crippen molar-refractivity contribution in [2.45, 2.75) is 43.9 Å². The summed E-state index contributed by atoms with van der Waals surface area (Å²) in [6, 6.07) is 0. The van der Waals surface area contributed by atoms with Crippen molar-refractivity contribution in [3.05, 3.63) is 18.0 Å². The molecule has 1 aliphatic carbocycles. The van der Waals surface area contributed by atoms with Crippen molar-refractivity contribution >= 4 is 21.9 Å². The molecule has 0 amide bonds. The third-order valence-electron chi connectivity index (χ3n) is 4.62. The van der Waals surface area contributed by atoms with Crippen molar-refractivity contribution in [2.75, 3.05) is 18.0 Å². The maximum absolute atomic E-state index is 4.47. The second-order valence-electron chi connectivity index (χ2n) is 5.72. The Balaban J connectivity index is 1.64. The molecule has 1 spiro atoms. The predicted octanol–water partition coefficient (Wildman–Crippen LogP) is 3.53. The van der Waals surface area contributed by atoms with Crippen LogP contribution in [0, 0.1) is 5.41 Å². The van der Waals surface area contributed by atoms with E-state index in [4.69, 9.17) is 0 Å². The lowest BCUT2D eigenvalue weighted by Crippen LogP contribution is -2.39. The van der Waals surface area contributed by atoms with Crippen LogP contribution in [0.5, 0.6) is 0 Å². The minimum Gasteiger partial charge on any atom is -0.341 e. The Morgan fingerprint density at radius 2 is 1.67 bits per heavy atom. The Bertz CT molecular complexity index is 388. The number of hydrogen-bond donors (Lipinski definition) is 0. The molecule has 1 saturated carbocycles. The smallest absolute Gasteiger partial charge is 0.225 e. The Hall–Kier alpha value is -0.640. The zero-order valence-corrected chi connectivity index (χ0v) is 12.3. The van der Waals surface area contributed by atoms with Crippen LogP contribution in [0.4, 0.5) is 5.95 Å². The van der Waals surface area contributed by atoms with Crippen LogP contribution in [0.1, 0.15) is 44.1 Å². The highest BCUT2D eigenvalue weighted by Gasteiger charge is 2.37. The first kappa shape index (κ1) is 12.4. The monoisotopic (exact) mass is 309 g/mol. The van der Waals surface area contributed by atoms with Gasteiger partial charge in [-0.15, -0.1) is 0 Å². The van der Waals surface area contributed by atoms with Crippen LogP contribution in [0.25, 0.3) is 0 Å². The van der Waals surface area contributed by atoms with E-state index < -0.39 is 0 Å². The van der Waals surface area contributed by atoms with Gasteiger partial charge in [-0.2, -0.15) is 0 Å². The number of anilines is 1. The number of piperidine rings is 1. The van der Waals surface area contributed by atoms with Crippen LogP contribution in [0.15, 0.2) is 12.4 Å². The van der Waals surface area contributed by atoms with Crippen molar-refractivity contribution in [2.24, 2.45) is 5.41 Å². The third kappa shape index (κ3) is 2.40. The summed E-state index contributed by atoms with van der Waals surface area (Å²) in [5, 5.41) is 0.830. The van der Waals surface area contributed by atoms with E-state index in [2.05, 4.69) is 30.8 Å². The Labute approximate surface area is 117 Å². The van der Waals surface area contributed by atoms with Gasteiger partial charge in [0.05, 0.1) is 0 Å². The normalized spacial score (nSPS) is 22.6. The second-order valence-corrected chi connectivity index (χ2v) is 6.28. The van der Waals surface area contributed by atoms with Gasteiger partial charge < -0.3 is 4.90 Å². The maximum atomic E-state index is 4.47. The lowest BCUT2D eigenvalue weighted by molar-refractivity contribution is 0.225. The number of nitrogens with zero attached hydrogens (tertiary/aromatic N) is 3. The van der Waals surface area contributed by atoms with Gasteiger partial charge in [-0.25, -0.2) is 9.97 Å². The third-order valence-corrected chi connectivity index (χ3v) is 5.26. The number of rotatable bonds is 2. The average molecular weight is 310 g/mol. The molecule has 4 heteroatoms. The summed E-state index contributed by atoms with van der Waals surface area (Å²) in [6.07, 6.45) is 12.3. The summed E-state index contributed by atoms with van der Waals surface area (Å²) in [5.74, 6) is 0.910. The van der Waals surface area contributed by atoms with Gasteiger partial charge in [0.15, 0.2) is 0 Å². The van der Waals surface area contributed by atoms with Gasteiger partial charge in [-0.3, -0.25) is 0 Å². The van der Waals surface area contributed by atoms with Crippen LogP contribution in [-0.4, -0.2) is 23.1 Å². The van der Waals surface area contributed by atoms with Crippen LogP contribution >= 0.6 is 15.9 Å². The summed E-state index contributed by atoms with van der Waals surface area (Å²) in [4.78, 5) is 11.3. The van der Waals surface area contributed by atoms with E-state index in [0.29, 0.717) is 5.41 Å². The molecule has 1 aliphatic heterocycles. The molecule has 2 aliphatic rings. The highest BCUT2D eigenvalue weighted by Crippen LogP contribution is 2.46. The molecule has 18 heavy (non-hydrogen) atoms. The highest BCUT2D eigenvalue weighted by atomic mass is 79.9. The molecule has 3 nitrogen and oxygen atoms in total. The number of hydrogen-bond acceptors (Lipinski definition) is 3. The average Bonchev–Trinajstić information content (AvgIpc) is 2.88. The summed E-state index contributed by atoms with van der Waals surface area (Å²) in [7, 11) is 0. The minimum atomic E-state index is 0.673. The fourth-order valence-electron chi connectivity index (χ4n) is 3.39. The minimum absolute atomic E-state index is 0.673. The molecular formula is C14H20BrN3. The molecule has 0 bridgehead atoms. The summed E-state index contributed by atoms with van der Waals surface area (Å²) >= 11 is 3.42. The van der Waals surface area contributed by atoms with Crippen molar-refractivity contribution < 1.29 is 0 Å². The molecule has 0 unspecified atom stereocenters. The lowest BCUT2D eigenvalue weighted by Gasteiger charge is -2.39. The number of halogens is 1. The first-order chi connectivity index (χ1) is 8.81. The van der Waals surface area contributed by atoms with Crippen LogP contribution < -0.4 is 4.90 Å². The van der Waals surface area contributed by atoms with Gasteiger partial charge in [0, 0.05) is 30.8 Å². The molecule has 0 atom stereocenters. The van der Waals surface area contributed by atoms with E-state index in [0.717, 1.165) is 29.9 Å². The largest absolute Gasteiger partial charge is 0.341 e. The molecule has 3 rings (SSSR count). The Kier molecular flexibility index (Phi) is 3.55. The van der Waals surface area contributed by atoms with Crippen LogP contribution in [-0.2, 0) is 5.33 Å². The van der Waals surface area contributed by atoms with Crippen molar-refractivity contribution in [3.8, 4) is 0 Å². The molecule has 0 aromatic carbocycles. The number of aromatic nitrogens is 2. The summed E-state index contributed by atoms with van der Waals surface area (Å²) < 4.78 is 0. The van der Waals surface area contributed by atoms with E-state index in [9.17, 15) is 0 Å². The molecule has 1 aromatic heterocycles. The van der Waals surface area contributed by atoms with Crippen molar-refractivity contribution in [3.63, 3.8) is 0 Å². The van der Waals surface area contributed by atoms with E-state index in [1.54, 1.807) is 0 Å². The fourth-order valence-corrected chi connectivity index (χ4v) is 3.68. The summed E-state index contributed by atoms with van der Waals surface area (Å²) in [5.41, 5.74) is 1.81. The number of alkyl halides is 1. The zero-order chi connectivity index (χ0) is 12.4. The molecule has 0 radical (unpaired) electrons. The standard InChI is InChI=1S/C14H20BrN3/c15-9-12-10-16-13(17-11-12)18-7-5-14(6-8-18)3-1-2-4-14/h10-11H,1-9H2. The van der Waals surface area contributed by atoms with E-state index >= 15 is 0 Å². The molecular weight excluding hydrogens is 290 g/mol. The molecule has 1 aromatic rings. The fraction of sp³-hybridized carbons (Fsp3) is 0.714. The first-order valence-corrected chi connectivity index (χ1v) is 8.05. The molecule has 2 fully saturated rings. The maximum Gasteiger partial charge on any atom is 0.225 e. The van der Waals surface area contributed by atoms with E-state index in [1.807, 2.05) is 12.4 Å². The zero-order valence-electron chi connectivity index (χ0n) is 10.7. The van der Waals surface area contributed by atoms with E-state index in [-0.39, 0.29) is 0 Å². The lowest BCUT2D eigenvalue weighted by atomic mass is 9.77. The molecule has 0 N–H and O–H groups in total. The van der Waals surface area contributed by atoms with Gasteiger partial charge in [0.2, 0.25) is 5.95 Å². The quantitative estimate of drug-likeness (QED) is 0.783. The second kappa shape index (κ2) is 5.16. The Morgan fingerprint density at radius 1 is 1.06 bits per heavy atom. The molecule has 1 saturated heterocycles. The van der Waals surface area contributed by atoms with E-state index in [1.165, 1.54) is 38.5 Å². The Morgan fingerprint density at radius 3 is 2.22 bits per heavy atom. The molecule has 98 valence electrons. The SMILES string of the molecule is BrCc1cnc(N2CCC3(CCCC3)CC2)nc1. The van der Waals surface area contributed by atoms with Gasteiger partial charge in [-0.05, 0) is 36.7 Å². The van der Waals surface area contributed by atoms with Crippen LogP contribution in [0.3, 0.4) is 0 Å². The highest BCUT2D eigenvalue weighted by molar-refractivity contribution is 9.08. The van der Waals surface area contributed by atoms with Gasteiger partial charge in [0.1, 0.15) is 0 Å². The van der Waals surface area contributed by atoms with Crippen LogP contribution in [0.2, 0.25) is 0 Å². The topological polar surface area (TPSA) is 29.0 Å². The van der Waals surface area contributed by atoms with Gasteiger partial charge in [0.25, 0.3) is 0 Å². The summed E-state index contributed by atoms with van der Waals surface area (Å²) in [6.45, 7) is 2.27. The van der Waals surface area contributed by atoms with Crippen molar-refractivity contribution in [1.29, 1.82) is 0 Å². The molecule has 2 heterocycles. The van der Waals surface area contributed by atoms with Crippen molar-refractivity contribution in [1.82, 2.24) is 9.97 Å². The van der Waals surface area contributed by atoms with Gasteiger partial charge in [-0.1, -0.05) is 28.8 Å².